The van der Waals surface area contributed by atoms with Gasteiger partial charge in [-0.1, -0.05) is 18.6 Å². The zero-order chi connectivity index (χ0) is 27.5. The molecule has 0 bridgehead atoms. The van der Waals surface area contributed by atoms with Crippen molar-refractivity contribution in [1.29, 1.82) is 0 Å². The predicted octanol–water partition coefficient (Wildman–Crippen LogP) is 1.81. The highest BCUT2D eigenvalue weighted by Gasteiger charge is 2.10. The summed E-state index contributed by atoms with van der Waals surface area (Å²) in [6.07, 6.45) is 6.74. The van der Waals surface area contributed by atoms with Crippen LogP contribution in [-0.2, 0) is 51.0 Å². The largest absolute Gasteiger partial charge is 0.379 e. The van der Waals surface area contributed by atoms with Crippen molar-refractivity contribution >= 4 is 0 Å². The minimum absolute atomic E-state index is 0.399. The Labute approximate surface area is 234 Å². The van der Waals surface area contributed by atoms with Crippen molar-refractivity contribution in [2.45, 2.75) is 45.8 Å². The number of unbranched alkanes of at least 4 members (excludes halogenated alkanes) is 1. The first-order valence-electron chi connectivity index (χ1n) is 14.6. The molecule has 0 unspecified atom stereocenters. The summed E-state index contributed by atoms with van der Waals surface area (Å²) >= 11 is 0. The van der Waals surface area contributed by atoms with Crippen LogP contribution in [-0.4, -0.2) is 139 Å². The van der Waals surface area contributed by atoms with Crippen LogP contribution in [0.5, 0.6) is 0 Å². The Morgan fingerprint density at radius 3 is 1.59 bits per heavy atom. The summed E-state index contributed by atoms with van der Waals surface area (Å²) in [5.74, 6) is 0. The molecule has 2 rings (SSSR count). The Hall–Kier alpha value is -1.22. The van der Waals surface area contributed by atoms with Gasteiger partial charge in [-0.3, -0.25) is 0 Å². The fraction of sp³-hybridized carbons (Fsp3) is 0.926. The van der Waals surface area contributed by atoms with Gasteiger partial charge in [-0.15, -0.1) is 5.10 Å². The van der Waals surface area contributed by atoms with E-state index in [2.05, 4.69) is 22.1 Å². The molecule has 1 fully saturated rings. The third kappa shape index (κ3) is 20.3. The zero-order valence-electron chi connectivity index (χ0n) is 24.1. The van der Waals surface area contributed by atoms with E-state index >= 15 is 0 Å². The van der Waals surface area contributed by atoms with E-state index in [1.54, 1.807) is 4.68 Å². The van der Waals surface area contributed by atoms with Crippen LogP contribution in [0.15, 0.2) is 6.20 Å². The smallest absolute Gasteiger partial charge is 0.108 e. The SMILES string of the molecule is CCCCOCCOCCOCCOCCn1cc(COCCOCCOCCOCCN2CCCC2)nn1. The maximum atomic E-state index is 5.61. The molecular formula is C27H52N4O8. The van der Waals surface area contributed by atoms with E-state index in [1.807, 2.05) is 6.20 Å². The minimum Gasteiger partial charge on any atom is -0.379 e. The van der Waals surface area contributed by atoms with E-state index in [0.29, 0.717) is 99.0 Å². The van der Waals surface area contributed by atoms with E-state index in [-0.39, 0.29) is 0 Å². The van der Waals surface area contributed by atoms with E-state index in [9.17, 15) is 0 Å². The van der Waals surface area contributed by atoms with Crippen LogP contribution in [0.1, 0.15) is 38.3 Å². The Morgan fingerprint density at radius 2 is 1.05 bits per heavy atom. The molecule has 0 atom stereocenters. The third-order valence-electron chi connectivity index (χ3n) is 5.93. The molecule has 0 aliphatic carbocycles. The molecule has 39 heavy (non-hydrogen) atoms. The highest BCUT2D eigenvalue weighted by molar-refractivity contribution is 4.89. The van der Waals surface area contributed by atoms with Gasteiger partial charge in [0.1, 0.15) is 5.69 Å². The van der Waals surface area contributed by atoms with Gasteiger partial charge in [0.25, 0.3) is 0 Å². The fourth-order valence-corrected chi connectivity index (χ4v) is 3.72. The van der Waals surface area contributed by atoms with Crippen LogP contribution < -0.4 is 0 Å². The van der Waals surface area contributed by atoms with Crippen molar-refractivity contribution < 1.29 is 37.9 Å². The second-order valence-corrected chi connectivity index (χ2v) is 9.21. The quantitative estimate of drug-likeness (QED) is 0.134. The summed E-state index contributed by atoms with van der Waals surface area (Å²) in [6, 6.07) is 0. The van der Waals surface area contributed by atoms with Crippen LogP contribution in [0.25, 0.3) is 0 Å². The van der Waals surface area contributed by atoms with Gasteiger partial charge in [0.05, 0.1) is 112 Å². The second-order valence-electron chi connectivity index (χ2n) is 9.21. The van der Waals surface area contributed by atoms with Gasteiger partial charge in [0, 0.05) is 13.2 Å². The number of nitrogens with zero attached hydrogens (tertiary/aromatic N) is 4. The number of aromatic nitrogens is 3. The Balaban J connectivity index is 1.26. The van der Waals surface area contributed by atoms with Crippen molar-refractivity contribution in [2.75, 3.05) is 119 Å². The Kier molecular flexibility index (Phi) is 22.4. The summed E-state index contributed by atoms with van der Waals surface area (Å²) in [7, 11) is 0. The molecule has 1 saturated heterocycles. The zero-order valence-corrected chi connectivity index (χ0v) is 24.1. The van der Waals surface area contributed by atoms with Crippen molar-refractivity contribution in [3.05, 3.63) is 11.9 Å². The van der Waals surface area contributed by atoms with Crippen LogP contribution in [0.3, 0.4) is 0 Å². The normalized spacial score (nSPS) is 14.1. The van der Waals surface area contributed by atoms with E-state index in [0.717, 1.165) is 38.3 Å². The lowest BCUT2D eigenvalue weighted by molar-refractivity contribution is -0.00583. The topological polar surface area (TPSA) is 108 Å². The molecule has 1 aromatic rings. The van der Waals surface area contributed by atoms with Crippen LogP contribution in [0.2, 0.25) is 0 Å². The molecule has 1 aliphatic heterocycles. The number of hydrogen-bond acceptors (Lipinski definition) is 11. The van der Waals surface area contributed by atoms with Crippen molar-refractivity contribution in [3.63, 3.8) is 0 Å². The summed E-state index contributed by atoms with van der Waals surface area (Å²) in [4.78, 5) is 2.44. The summed E-state index contributed by atoms with van der Waals surface area (Å²) in [5, 5.41) is 8.22. The first-order valence-corrected chi connectivity index (χ1v) is 14.6. The van der Waals surface area contributed by atoms with Crippen molar-refractivity contribution in [3.8, 4) is 0 Å². The molecule has 1 aromatic heterocycles. The number of likely N-dealkylation sites (tertiary alicyclic amines) is 1. The van der Waals surface area contributed by atoms with E-state index in [1.165, 1.54) is 25.9 Å². The second kappa shape index (κ2) is 25.7. The summed E-state index contributed by atoms with van der Waals surface area (Å²) in [5.41, 5.74) is 0.780. The molecule has 2 heterocycles. The van der Waals surface area contributed by atoms with Gasteiger partial charge >= 0.3 is 0 Å². The number of hydrogen-bond donors (Lipinski definition) is 0. The summed E-state index contributed by atoms with van der Waals surface area (Å²) in [6.45, 7) is 15.5. The Bertz CT molecular complexity index is 649. The molecule has 0 aromatic carbocycles. The predicted molar refractivity (Wildman–Crippen MR) is 146 cm³/mol. The van der Waals surface area contributed by atoms with E-state index in [4.69, 9.17) is 37.9 Å². The van der Waals surface area contributed by atoms with Gasteiger partial charge in [0.2, 0.25) is 0 Å². The standard InChI is InChI=1S/C27H52N4O8/c1-2-3-10-32-13-16-35-19-20-37-18-15-34-12-9-31-25-27(28-29-31)26-39-24-23-38-22-21-36-17-14-33-11-8-30-6-4-5-7-30/h25H,2-24,26H2,1H3. The molecule has 1 aliphatic rings. The molecule has 0 saturated carbocycles. The molecule has 12 heteroatoms. The van der Waals surface area contributed by atoms with Crippen LogP contribution in [0.4, 0.5) is 0 Å². The van der Waals surface area contributed by atoms with Gasteiger partial charge in [0.15, 0.2) is 0 Å². The molecule has 0 spiro atoms. The highest BCUT2D eigenvalue weighted by atomic mass is 16.6. The lowest BCUT2D eigenvalue weighted by Crippen LogP contribution is -2.24. The Morgan fingerprint density at radius 1 is 0.590 bits per heavy atom. The molecule has 0 radical (unpaired) electrons. The van der Waals surface area contributed by atoms with Crippen LogP contribution >= 0.6 is 0 Å². The first-order chi connectivity index (χ1) is 19.4. The average molecular weight is 561 g/mol. The minimum atomic E-state index is 0.399. The first kappa shape index (κ1) is 34.0. The monoisotopic (exact) mass is 560 g/mol. The average Bonchev–Trinajstić information content (AvgIpc) is 3.64. The maximum absolute atomic E-state index is 5.61. The highest BCUT2D eigenvalue weighted by Crippen LogP contribution is 2.05. The van der Waals surface area contributed by atoms with Crippen molar-refractivity contribution in [2.24, 2.45) is 0 Å². The molecule has 0 N–H and O–H groups in total. The molecule has 228 valence electrons. The molecular weight excluding hydrogens is 508 g/mol. The third-order valence-corrected chi connectivity index (χ3v) is 5.93. The van der Waals surface area contributed by atoms with Crippen LogP contribution in [0, 0.1) is 0 Å². The fourth-order valence-electron chi connectivity index (χ4n) is 3.72. The lowest BCUT2D eigenvalue weighted by Gasteiger charge is -2.14. The van der Waals surface area contributed by atoms with Gasteiger partial charge in [-0.2, -0.15) is 0 Å². The number of ether oxygens (including phenoxy) is 8. The molecule has 12 nitrogen and oxygen atoms in total. The number of rotatable bonds is 29. The van der Waals surface area contributed by atoms with Gasteiger partial charge in [-0.05, 0) is 32.4 Å². The van der Waals surface area contributed by atoms with Gasteiger partial charge in [-0.25, -0.2) is 4.68 Å². The maximum Gasteiger partial charge on any atom is 0.108 e. The van der Waals surface area contributed by atoms with Gasteiger partial charge < -0.3 is 42.8 Å². The van der Waals surface area contributed by atoms with Crippen molar-refractivity contribution in [1.82, 2.24) is 19.9 Å². The van der Waals surface area contributed by atoms with E-state index < -0.39 is 0 Å². The lowest BCUT2D eigenvalue weighted by atomic mass is 10.4. The summed E-state index contributed by atoms with van der Waals surface area (Å²) < 4.78 is 46.0. The molecule has 0 amide bonds.